The summed E-state index contributed by atoms with van der Waals surface area (Å²) >= 11 is 0. The predicted octanol–water partition coefficient (Wildman–Crippen LogP) is 1.34. The average molecular weight is 171 g/mol. The molecule has 12 heavy (non-hydrogen) atoms. The summed E-state index contributed by atoms with van der Waals surface area (Å²) in [6.07, 6.45) is 1.89. The first kappa shape index (κ1) is 9.03. The molecule has 68 valence electrons. The lowest BCUT2D eigenvalue weighted by Gasteiger charge is -2.23. The lowest BCUT2D eigenvalue weighted by Crippen LogP contribution is -2.27. The van der Waals surface area contributed by atoms with E-state index in [1.54, 1.807) is 0 Å². The minimum Gasteiger partial charge on any atom is -0.481 e. The third-order valence-electron chi connectivity index (χ3n) is 2.45. The molecule has 0 aliphatic heterocycles. The quantitative estimate of drug-likeness (QED) is 0.462. The van der Waals surface area contributed by atoms with Crippen LogP contribution >= 0.6 is 0 Å². The summed E-state index contributed by atoms with van der Waals surface area (Å²) in [6, 6.07) is 0. The van der Waals surface area contributed by atoms with E-state index in [0.717, 1.165) is 6.42 Å². The number of hydrogen-bond donors (Lipinski definition) is 2. The summed E-state index contributed by atoms with van der Waals surface area (Å²) in [6.45, 7) is 1.95. The van der Waals surface area contributed by atoms with E-state index < -0.39 is 5.97 Å². The maximum absolute atomic E-state index is 10.6. The fourth-order valence-electron chi connectivity index (χ4n) is 1.52. The van der Waals surface area contributed by atoms with Crippen LogP contribution in [0.25, 0.3) is 0 Å². The van der Waals surface area contributed by atoms with E-state index in [0.29, 0.717) is 18.6 Å². The van der Waals surface area contributed by atoms with Crippen molar-refractivity contribution < 1.29 is 15.1 Å². The van der Waals surface area contributed by atoms with Gasteiger partial charge in [-0.25, -0.2) is 0 Å². The highest BCUT2D eigenvalue weighted by atomic mass is 16.4. The number of nitrogens with zero attached hydrogens (tertiary/aromatic N) is 1. The van der Waals surface area contributed by atoms with Crippen LogP contribution in [-0.2, 0) is 4.79 Å². The molecule has 1 rings (SSSR count). The van der Waals surface area contributed by atoms with Crippen molar-refractivity contribution in [3.8, 4) is 0 Å². The van der Waals surface area contributed by atoms with Gasteiger partial charge in [0.2, 0.25) is 0 Å². The van der Waals surface area contributed by atoms with Gasteiger partial charge in [0, 0.05) is 6.42 Å². The molecule has 0 aromatic heterocycles. The van der Waals surface area contributed by atoms with Gasteiger partial charge in [0.25, 0.3) is 0 Å². The van der Waals surface area contributed by atoms with E-state index in [1.807, 2.05) is 6.92 Å². The Hall–Kier alpha value is -1.06. The number of oxime groups is 1. The molecule has 0 heterocycles. The molecular formula is C8H13NO3. The van der Waals surface area contributed by atoms with Gasteiger partial charge in [-0.2, -0.15) is 0 Å². The van der Waals surface area contributed by atoms with Crippen molar-refractivity contribution in [3.05, 3.63) is 0 Å². The smallest absolute Gasteiger partial charge is 0.306 e. The zero-order valence-electron chi connectivity index (χ0n) is 7.03. The minimum absolute atomic E-state index is 0.227. The predicted molar refractivity (Wildman–Crippen MR) is 43.4 cm³/mol. The molecule has 0 saturated heterocycles. The molecule has 4 nitrogen and oxygen atoms in total. The Morgan fingerprint density at radius 1 is 1.58 bits per heavy atom. The van der Waals surface area contributed by atoms with Crippen LogP contribution in [0.2, 0.25) is 0 Å². The lowest BCUT2D eigenvalue weighted by atomic mass is 9.81. The van der Waals surface area contributed by atoms with Gasteiger partial charge in [0.15, 0.2) is 0 Å². The molecule has 0 bridgehead atoms. The Morgan fingerprint density at radius 3 is 2.75 bits per heavy atom. The molecule has 1 aliphatic rings. The Labute approximate surface area is 70.9 Å². The average Bonchev–Trinajstić information content (AvgIpc) is 2.05. The second-order valence-electron chi connectivity index (χ2n) is 3.31. The van der Waals surface area contributed by atoms with Crippen molar-refractivity contribution in [1.29, 1.82) is 0 Å². The number of carboxylic acids is 1. The van der Waals surface area contributed by atoms with Crippen molar-refractivity contribution in [2.75, 3.05) is 0 Å². The van der Waals surface area contributed by atoms with E-state index in [-0.39, 0.29) is 11.8 Å². The fraction of sp³-hybridized carbons (Fsp3) is 0.750. The summed E-state index contributed by atoms with van der Waals surface area (Å²) in [5, 5.41) is 20.4. The van der Waals surface area contributed by atoms with Gasteiger partial charge < -0.3 is 10.3 Å². The van der Waals surface area contributed by atoms with Crippen LogP contribution in [0.1, 0.15) is 26.2 Å². The normalized spacial score (nSPS) is 33.6. The van der Waals surface area contributed by atoms with E-state index in [2.05, 4.69) is 5.16 Å². The number of rotatable bonds is 1. The highest BCUT2D eigenvalue weighted by molar-refractivity contribution is 5.90. The molecule has 1 saturated carbocycles. The maximum Gasteiger partial charge on any atom is 0.306 e. The van der Waals surface area contributed by atoms with Crippen LogP contribution in [-0.4, -0.2) is 22.0 Å². The van der Waals surface area contributed by atoms with Crippen LogP contribution < -0.4 is 0 Å². The molecule has 2 N–H and O–H groups in total. The van der Waals surface area contributed by atoms with Crippen LogP contribution in [0.15, 0.2) is 5.16 Å². The summed E-state index contributed by atoms with van der Waals surface area (Å²) in [5.41, 5.74) is 0.619. The number of hydrogen-bond acceptors (Lipinski definition) is 3. The zero-order chi connectivity index (χ0) is 9.14. The monoisotopic (exact) mass is 171 g/mol. The first-order chi connectivity index (χ1) is 5.65. The largest absolute Gasteiger partial charge is 0.481 e. The SMILES string of the molecule is CC1CCC(C(=O)O)C/C1=N\O. The third-order valence-corrected chi connectivity index (χ3v) is 2.45. The molecular weight excluding hydrogens is 158 g/mol. The van der Waals surface area contributed by atoms with E-state index in [1.165, 1.54) is 0 Å². The molecule has 2 unspecified atom stereocenters. The molecule has 0 aromatic rings. The third kappa shape index (κ3) is 1.75. The Kier molecular flexibility index (Phi) is 2.68. The summed E-state index contributed by atoms with van der Waals surface area (Å²) < 4.78 is 0. The van der Waals surface area contributed by atoms with Crippen molar-refractivity contribution in [1.82, 2.24) is 0 Å². The number of aliphatic carboxylic acids is 1. The maximum atomic E-state index is 10.6. The Morgan fingerprint density at radius 2 is 2.25 bits per heavy atom. The molecule has 0 spiro atoms. The van der Waals surface area contributed by atoms with Crippen molar-refractivity contribution >= 4 is 11.7 Å². The Balaban J connectivity index is 2.62. The van der Waals surface area contributed by atoms with Gasteiger partial charge in [-0.05, 0) is 18.8 Å². The van der Waals surface area contributed by atoms with Gasteiger partial charge in [0.05, 0.1) is 11.6 Å². The standard InChI is InChI=1S/C8H13NO3/c1-5-2-3-6(8(10)11)4-7(5)9-12/h5-6,12H,2-4H2,1H3,(H,10,11)/b9-7+. The second-order valence-corrected chi connectivity index (χ2v) is 3.31. The van der Waals surface area contributed by atoms with Crippen LogP contribution in [0.4, 0.5) is 0 Å². The second kappa shape index (κ2) is 3.56. The molecule has 1 aliphatic carbocycles. The summed E-state index contributed by atoms with van der Waals surface area (Å²) in [4.78, 5) is 10.6. The van der Waals surface area contributed by atoms with Gasteiger partial charge in [-0.1, -0.05) is 12.1 Å². The Bertz CT molecular complexity index is 212. The van der Waals surface area contributed by atoms with Crippen LogP contribution in [0, 0.1) is 11.8 Å². The first-order valence-corrected chi connectivity index (χ1v) is 4.08. The topological polar surface area (TPSA) is 69.9 Å². The lowest BCUT2D eigenvalue weighted by molar-refractivity contribution is -0.142. The molecule has 0 amide bonds. The number of carboxylic acid groups (broad SMARTS) is 1. The molecule has 4 heteroatoms. The van der Waals surface area contributed by atoms with E-state index in [9.17, 15) is 4.79 Å². The molecule has 0 radical (unpaired) electrons. The van der Waals surface area contributed by atoms with Gasteiger partial charge >= 0.3 is 5.97 Å². The zero-order valence-corrected chi connectivity index (χ0v) is 7.03. The molecule has 0 aromatic carbocycles. The molecule has 2 atom stereocenters. The highest BCUT2D eigenvalue weighted by Crippen LogP contribution is 2.26. The van der Waals surface area contributed by atoms with Gasteiger partial charge in [-0.3, -0.25) is 4.79 Å². The van der Waals surface area contributed by atoms with E-state index >= 15 is 0 Å². The molecule has 1 fully saturated rings. The van der Waals surface area contributed by atoms with Crippen molar-refractivity contribution in [2.45, 2.75) is 26.2 Å². The van der Waals surface area contributed by atoms with Crippen molar-refractivity contribution in [2.24, 2.45) is 17.0 Å². The van der Waals surface area contributed by atoms with Crippen molar-refractivity contribution in [3.63, 3.8) is 0 Å². The highest BCUT2D eigenvalue weighted by Gasteiger charge is 2.28. The summed E-state index contributed by atoms with van der Waals surface area (Å²) in [7, 11) is 0. The summed E-state index contributed by atoms with van der Waals surface area (Å²) in [5.74, 6) is -0.916. The minimum atomic E-state index is -0.789. The first-order valence-electron chi connectivity index (χ1n) is 4.08. The van der Waals surface area contributed by atoms with Crippen LogP contribution in [0.3, 0.4) is 0 Å². The number of carbonyl (C=O) groups is 1. The van der Waals surface area contributed by atoms with Crippen LogP contribution in [0.5, 0.6) is 0 Å². The van der Waals surface area contributed by atoms with E-state index in [4.69, 9.17) is 10.3 Å². The van der Waals surface area contributed by atoms with Gasteiger partial charge in [0.1, 0.15) is 0 Å². The van der Waals surface area contributed by atoms with Gasteiger partial charge in [-0.15, -0.1) is 0 Å². The fourth-order valence-corrected chi connectivity index (χ4v) is 1.52.